The van der Waals surface area contributed by atoms with Gasteiger partial charge in [0.1, 0.15) is 6.04 Å². The molecule has 0 spiro atoms. The highest BCUT2D eigenvalue weighted by Gasteiger charge is 2.22. The summed E-state index contributed by atoms with van der Waals surface area (Å²) in [5.74, 6) is -1.45. The van der Waals surface area contributed by atoms with Gasteiger partial charge in [-0.25, -0.2) is 4.79 Å². The van der Waals surface area contributed by atoms with Crippen LogP contribution in [0, 0.1) is 0 Å². The second-order valence-corrected chi connectivity index (χ2v) is 6.64. The van der Waals surface area contributed by atoms with Crippen molar-refractivity contribution < 1.29 is 14.7 Å². The summed E-state index contributed by atoms with van der Waals surface area (Å²) in [6, 6.07) is 19.3. The van der Waals surface area contributed by atoms with E-state index in [1.54, 1.807) is 12.1 Å². The summed E-state index contributed by atoms with van der Waals surface area (Å²) >= 11 is 3.35. The van der Waals surface area contributed by atoms with E-state index >= 15 is 0 Å². The third-order valence-corrected chi connectivity index (χ3v) is 4.52. The van der Waals surface area contributed by atoms with Gasteiger partial charge in [-0.1, -0.05) is 64.5 Å². The highest BCUT2D eigenvalue weighted by molar-refractivity contribution is 9.10. The molecule has 3 aromatic rings. The number of halogens is 1. The normalized spacial score (nSPS) is 11.9. The molecule has 0 heterocycles. The molecule has 1 amide bonds. The second-order valence-electron chi connectivity index (χ2n) is 5.72. The van der Waals surface area contributed by atoms with E-state index in [0.717, 1.165) is 20.8 Å². The predicted molar refractivity (Wildman–Crippen MR) is 101 cm³/mol. The van der Waals surface area contributed by atoms with E-state index in [1.807, 2.05) is 54.6 Å². The van der Waals surface area contributed by atoms with Gasteiger partial charge in [0.15, 0.2) is 0 Å². The van der Waals surface area contributed by atoms with E-state index < -0.39 is 12.0 Å². The van der Waals surface area contributed by atoms with Gasteiger partial charge in [-0.15, -0.1) is 0 Å². The van der Waals surface area contributed by atoms with Gasteiger partial charge in [0, 0.05) is 16.5 Å². The Kier molecular flexibility index (Phi) is 5.14. The van der Waals surface area contributed by atoms with Gasteiger partial charge >= 0.3 is 5.97 Å². The number of carbonyl (C=O) groups is 2. The number of amides is 1. The molecule has 4 nitrogen and oxygen atoms in total. The topological polar surface area (TPSA) is 66.4 Å². The molecular weight excluding hydrogens is 382 g/mol. The fraction of sp³-hybridized carbons (Fsp3) is 0.100. The molecule has 0 aliphatic carbocycles. The lowest BCUT2D eigenvalue weighted by atomic mass is 10.0. The zero-order valence-electron chi connectivity index (χ0n) is 13.3. The van der Waals surface area contributed by atoms with Crippen LogP contribution in [0.4, 0.5) is 0 Å². The molecule has 0 saturated carbocycles. The molecular formula is C20H16BrNO3. The molecule has 0 fully saturated rings. The van der Waals surface area contributed by atoms with E-state index in [9.17, 15) is 14.7 Å². The summed E-state index contributed by atoms with van der Waals surface area (Å²) in [7, 11) is 0. The Morgan fingerprint density at radius 1 is 0.960 bits per heavy atom. The Morgan fingerprint density at radius 3 is 2.36 bits per heavy atom. The monoisotopic (exact) mass is 397 g/mol. The zero-order valence-corrected chi connectivity index (χ0v) is 14.9. The fourth-order valence-corrected chi connectivity index (χ4v) is 2.98. The molecule has 0 aliphatic rings. The third kappa shape index (κ3) is 4.06. The van der Waals surface area contributed by atoms with Crippen molar-refractivity contribution in [1.82, 2.24) is 5.32 Å². The van der Waals surface area contributed by atoms with Gasteiger partial charge in [0.2, 0.25) is 0 Å². The van der Waals surface area contributed by atoms with Crippen LogP contribution in [0.15, 0.2) is 71.2 Å². The Hall–Kier alpha value is -2.66. The smallest absolute Gasteiger partial charge is 0.326 e. The molecule has 0 aromatic heterocycles. The number of carboxylic acids is 1. The minimum absolute atomic E-state index is 0.221. The van der Waals surface area contributed by atoms with Crippen LogP contribution >= 0.6 is 15.9 Å². The van der Waals surface area contributed by atoms with Gasteiger partial charge in [-0.3, -0.25) is 4.79 Å². The number of hydrogen-bond donors (Lipinski definition) is 2. The van der Waals surface area contributed by atoms with Gasteiger partial charge in [-0.2, -0.15) is 0 Å². The lowest BCUT2D eigenvalue weighted by Crippen LogP contribution is -2.42. The lowest BCUT2D eigenvalue weighted by Gasteiger charge is -2.15. The van der Waals surface area contributed by atoms with E-state index in [1.165, 1.54) is 0 Å². The zero-order chi connectivity index (χ0) is 17.8. The number of benzene rings is 3. The maximum absolute atomic E-state index is 12.6. The van der Waals surface area contributed by atoms with Gasteiger partial charge in [0.05, 0.1) is 0 Å². The summed E-state index contributed by atoms with van der Waals surface area (Å²) in [5, 5.41) is 13.9. The Morgan fingerprint density at radius 2 is 1.64 bits per heavy atom. The largest absolute Gasteiger partial charge is 0.480 e. The van der Waals surface area contributed by atoms with Crippen LogP contribution in [0.25, 0.3) is 10.8 Å². The van der Waals surface area contributed by atoms with Crippen molar-refractivity contribution in [3.05, 3.63) is 82.3 Å². The summed E-state index contributed by atoms with van der Waals surface area (Å²) in [6.45, 7) is 0. The average Bonchev–Trinajstić information content (AvgIpc) is 2.62. The molecule has 126 valence electrons. The van der Waals surface area contributed by atoms with Crippen LogP contribution in [-0.4, -0.2) is 23.0 Å². The molecule has 25 heavy (non-hydrogen) atoms. The lowest BCUT2D eigenvalue weighted by molar-refractivity contribution is -0.139. The highest BCUT2D eigenvalue weighted by Crippen LogP contribution is 2.19. The summed E-state index contributed by atoms with van der Waals surface area (Å²) in [4.78, 5) is 24.2. The first-order valence-corrected chi connectivity index (χ1v) is 8.60. The predicted octanol–water partition coefficient (Wildman–Crippen LogP) is 4.03. The minimum atomic E-state index is -1.06. The quantitative estimate of drug-likeness (QED) is 0.682. The van der Waals surface area contributed by atoms with Crippen LogP contribution in [0.2, 0.25) is 0 Å². The second kappa shape index (κ2) is 7.49. The number of rotatable bonds is 5. The first-order chi connectivity index (χ1) is 12.0. The number of carboxylic acid groups (broad SMARTS) is 1. The minimum Gasteiger partial charge on any atom is -0.480 e. The Bertz CT molecular complexity index is 916. The van der Waals surface area contributed by atoms with E-state index in [4.69, 9.17) is 0 Å². The molecule has 5 heteroatoms. The number of nitrogens with one attached hydrogen (secondary N) is 1. The summed E-state index contributed by atoms with van der Waals surface area (Å²) in [5.41, 5.74) is 1.31. The van der Waals surface area contributed by atoms with Crippen molar-refractivity contribution in [2.45, 2.75) is 12.5 Å². The van der Waals surface area contributed by atoms with Crippen LogP contribution < -0.4 is 5.32 Å². The maximum Gasteiger partial charge on any atom is 0.326 e. The van der Waals surface area contributed by atoms with Crippen molar-refractivity contribution in [1.29, 1.82) is 0 Å². The van der Waals surface area contributed by atoms with Gasteiger partial charge in [-0.05, 0) is 34.5 Å². The van der Waals surface area contributed by atoms with Crippen molar-refractivity contribution in [3.63, 3.8) is 0 Å². The van der Waals surface area contributed by atoms with Crippen LogP contribution in [0.3, 0.4) is 0 Å². The van der Waals surface area contributed by atoms with Crippen molar-refractivity contribution in [3.8, 4) is 0 Å². The average molecular weight is 398 g/mol. The highest BCUT2D eigenvalue weighted by atomic mass is 79.9. The first-order valence-electron chi connectivity index (χ1n) is 7.80. The van der Waals surface area contributed by atoms with Gasteiger partial charge < -0.3 is 10.4 Å². The molecule has 0 radical (unpaired) electrons. The summed E-state index contributed by atoms with van der Waals surface area (Å²) < 4.78 is 0.919. The van der Waals surface area contributed by atoms with Crippen molar-refractivity contribution in [2.24, 2.45) is 0 Å². The Labute approximate surface area is 153 Å². The van der Waals surface area contributed by atoms with Crippen molar-refractivity contribution >= 4 is 38.6 Å². The molecule has 0 saturated heterocycles. The summed E-state index contributed by atoms with van der Waals surface area (Å²) in [6.07, 6.45) is 0.221. The standard InChI is InChI=1S/C20H16BrNO3/c21-15-10-8-13(9-11-15)12-18(20(24)25)22-19(23)17-7-3-5-14-4-1-2-6-16(14)17/h1-11,18H,12H2,(H,22,23)(H,24,25)/t18-/m1/s1. The van der Waals surface area contributed by atoms with Gasteiger partial charge in [0.25, 0.3) is 5.91 Å². The molecule has 1 atom stereocenters. The van der Waals surface area contributed by atoms with Crippen LogP contribution in [-0.2, 0) is 11.2 Å². The molecule has 0 bridgehead atoms. The number of aliphatic carboxylic acids is 1. The molecule has 0 unspecified atom stereocenters. The first kappa shape index (κ1) is 17.2. The van der Waals surface area contributed by atoms with Crippen LogP contribution in [0.5, 0.6) is 0 Å². The van der Waals surface area contributed by atoms with Crippen LogP contribution in [0.1, 0.15) is 15.9 Å². The maximum atomic E-state index is 12.6. The molecule has 3 aromatic carbocycles. The van der Waals surface area contributed by atoms with E-state index in [0.29, 0.717) is 5.56 Å². The third-order valence-electron chi connectivity index (χ3n) is 3.99. The molecule has 3 rings (SSSR count). The number of carbonyl (C=O) groups excluding carboxylic acids is 1. The molecule has 2 N–H and O–H groups in total. The Balaban J connectivity index is 1.83. The fourth-order valence-electron chi connectivity index (χ4n) is 2.72. The van der Waals surface area contributed by atoms with Crippen molar-refractivity contribution in [2.75, 3.05) is 0 Å². The van der Waals surface area contributed by atoms with E-state index in [-0.39, 0.29) is 12.3 Å². The SMILES string of the molecule is O=C(N[C@H](Cc1ccc(Br)cc1)C(=O)O)c1cccc2ccccc12. The number of hydrogen-bond acceptors (Lipinski definition) is 2. The number of fused-ring (bicyclic) bond motifs is 1. The van der Waals surface area contributed by atoms with E-state index in [2.05, 4.69) is 21.2 Å². The molecule has 0 aliphatic heterocycles.